The maximum absolute atomic E-state index is 15.0. The Bertz CT molecular complexity index is 1050. The highest BCUT2D eigenvalue weighted by Crippen LogP contribution is 2.32. The molecule has 0 bridgehead atoms. The van der Waals surface area contributed by atoms with Gasteiger partial charge in [-0.2, -0.15) is 5.10 Å². The first kappa shape index (κ1) is 18.7. The number of halogens is 1. The van der Waals surface area contributed by atoms with Gasteiger partial charge in [-0.15, -0.1) is 0 Å². The fourth-order valence-electron chi connectivity index (χ4n) is 3.07. The van der Waals surface area contributed by atoms with E-state index in [1.807, 2.05) is 0 Å². The lowest BCUT2D eigenvalue weighted by atomic mass is 10.1. The minimum atomic E-state index is -0.551. The molecule has 2 aliphatic heterocycles. The van der Waals surface area contributed by atoms with Gasteiger partial charge in [0.25, 0.3) is 5.91 Å². The molecule has 0 saturated heterocycles. The number of rotatable bonds is 4. The molecule has 148 valence electrons. The van der Waals surface area contributed by atoms with Crippen LogP contribution in [0.3, 0.4) is 0 Å². The summed E-state index contributed by atoms with van der Waals surface area (Å²) in [6.07, 6.45) is 5.01. The second-order valence-electron chi connectivity index (χ2n) is 6.58. The molecule has 0 spiro atoms. The topological polar surface area (TPSA) is 67.3 Å². The van der Waals surface area contributed by atoms with Gasteiger partial charge in [-0.1, -0.05) is 6.58 Å². The standard InChI is InChI=1S/C21H19FN4O3/c1-13-4-9-19(24-25(13)2)26-11-17-16(21(26)27)7-8-18(20(17)22)29-12-14-5-6-15(28-3)10-23-14/h4-10H,1,11-12H2,2-3H3. The highest BCUT2D eigenvalue weighted by atomic mass is 19.1. The van der Waals surface area contributed by atoms with Crippen LogP contribution < -0.4 is 9.47 Å². The Labute approximate surface area is 167 Å². The number of fused-ring (bicyclic) bond motifs is 1. The molecule has 7 nitrogen and oxygen atoms in total. The quantitative estimate of drug-likeness (QED) is 0.797. The average Bonchev–Trinajstić information content (AvgIpc) is 3.07. The van der Waals surface area contributed by atoms with Crippen molar-refractivity contribution in [3.63, 3.8) is 0 Å². The predicted molar refractivity (Wildman–Crippen MR) is 105 cm³/mol. The smallest absolute Gasteiger partial charge is 0.260 e. The Morgan fingerprint density at radius 1 is 1.24 bits per heavy atom. The summed E-state index contributed by atoms with van der Waals surface area (Å²) in [6, 6.07) is 6.54. The average molecular weight is 394 g/mol. The Morgan fingerprint density at radius 2 is 2.07 bits per heavy atom. The second-order valence-corrected chi connectivity index (χ2v) is 6.58. The molecular weight excluding hydrogens is 375 g/mol. The number of carbonyl (C=O) groups excluding carboxylic acids is 1. The summed E-state index contributed by atoms with van der Waals surface area (Å²) in [5, 5.41) is 5.89. The molecule has 2 aromatic rings. The van der Waals surface area contributed by atoms with Crippen molar-refractivity contribution in [3.8, 4) is 11.5 Å². The van der Waals surface area contributed by atoms with Gasteiger partial charge in [0.1, 0.15) is 12.4 Å². The van der Waals surface area contributed by atoms with E-state index in [-0.39, 0.29) is 24.8 Å². The molecule has 0 unspecified atom stereocenters. The molecule has 0 N–H and O–H groups in total. The van der Waals surface area contributed by atoms with E-state index in [0.29, 0.717) is 34.1 Å². The molecule has 3 heterocycles. The van der Waals surface area contributed by atoms with Crippen molar-refractivity contribution in [3.05, 3.63) is 77.5 Å². The first-order chi connectivity index (χ1) is 14.0. The first-order valence-corrected chi connectivity index (χ1v) is 8.92. The molecule has 0 saturated carbocycles. The summed E-state index contributed by atoms with van der Waals surface area (Å²) >= 11 is 0. The van der Waals surface area contributed by atoms with Crippen molar-refractivity contribution in [2.24, 2.45) is 5.10 Å². The van der Waals surface area contributed by atoms with Crippen LogP contribution in [-0.2, 0) is 13.2 Å². The summed E-state index contributed by atoms with van der Waals surface area (Å²) in [4.78, 5) is 18.4. The van der Waals surface area contributed by atoms with Crippen molar-refractivity contribution < 1.29 is 18.7 Å². The number of pyridine rings is 1. The number of benzene rings is 1. The summed E-state index contributed by atoms with van der Waals surface area (Å²) in [5.74, 6) is 0.287. The van der Waals surface area contributed by atoms with Gasteiger partial charge in [0, 0.05) is 18.2 Å². The summed E-state index contributed by atoms with van der Waals surface area (Å²) in [5.41, 5.74) is 1.93. The van der Waals surface area contributed by atoms with Crippen molar-refractivity contribution in [1.29, 1.82) is 0 Å². The van der Waals surface area contributed by atoms with E-state index in [0.717, 1.165) is 0 Å². The lowest BCUT2D eigenvalue weighted by Crippen LogP contribution is -2.33. The Kier molecular flexibility index (Phi) is 4.75. The van der Waals surface area contributed by atoms with E-state index in [1.165, 1.54) is 11.0 Å². The van der Waals surface area contributed by atoms with Gasteiger partial charge in [-0.25, -0.2) is 4.39 Å². The minimum Gasteiger partial charge on any atom is -0.495 e. The fraction of sp³-hybridized carbons (Fsp3) is 0.190. The molecule has 0 fully saturated rings. The SMILES string of the molecule is C=C1C=CC(N2Cc3c(ccc(OCc4ccc(OC)cn4)c3F)C2=O)=NN1C. The normalized spacial score (nSPS) is 15.5. The molecule has 2 aliphatic rings. The predicted octanol–water partition coefficient (Wildman–Crippen LogP) is 3.09. The summed E-state index contributed by atoms with van der Waals surface area (Å²) in [7, 11) is 3.29. The molecule has 0 aliphatic carbocycles. The third kappa shape index (κ3) is 3.44. The Balaban J connectivity index is 1.52. The molecule has 29 heavy (non-hydrogen) atoms. The molecular formula is C21H19FN4O3. The largest absolute Gasteiger partial charge is 0.495 e. The third-order valence-corrected chi connectivity index (χ3v) is 4.78. The zero-order chi connectivity index (χ0) is 20.5. The van der Waals surface area contributed by atoms with Crippen LogP contribution in [0.15, 0.2) is 60.0 Å². The van der Waals surface area contributed by atoms with Crippen LogP contribution in [0.25, 0.3) is 0 Å². The second kappa shape index (κ2) is 7.38. The van der Waals surface area contributed by atoms with E-state index in [4.69, 9.17) is 9.47 Å². The maximum Gasteiger partial charge on any atom is 0.260 e. The molecule has 8 heteroatoms. The summed E-state index contributed by atoms with van der Waals surface area (Å²) < 4.78 is 25.7. The zero-order valence-corrected chi connectivity index (χ0v) is 16.1. The van der Waals surface area contributed by atoms with Gasteiger partial charge < -0.3 is 9.47 Å². The number of amidine groups is 1. The monoisotopic (exact) mass is 394 g/mol. The number of carbonyl (C=O) groups is 1. The number of amides is 1. The van der Waals surface area contributed by atoms with Crippen LogP contribution in [0.1, 0.15) is 21.6 Å². The van der Waals surface area contributed by atoms with E-state index in [2.05, 4.69) is 16.7 Å². The van der Waals surface area contributed by atoms with Gasteiger partial charge >= 0.3 is 0 Å². The number of hydrogen-bond donors (Lipinski definition) is 0. The number of methoxy groups -OCH3 is 1. The van der Waals surface area contributed by atoms with Crippen LogP contribution in [0.5, 0.6) is 11.5 Å². The van der Waals surface area contributed by atoms with Gasteiger partial charge in [0.05, 0.1) is 31.2 Å². The number of aromatic nitrogens is 1. The lowest BCUT2D eigenvalue weighted by Gasteiger charge is -2.23. The van der Waals surface area contributed by atoms with Crippen LogP contribution >= 0.6 is 0 Å². The van der Waals surface area contributed by atoms with E-state index >= 15 is 4.39 Å². The Hall–Kier alpha value is -3.68. The molecule has 1 aromatic carbocycles. The van der Waals surface area contributed by atoms with Crippen LogP contribution in [-0.4, -0.2) is 40.8 Å². The fourth-order valence-corrected chi connectivity index (χ4v) is 3.07. The van der Waals surface area contributed by atoms with Crippen LogP contribution in [0, 0.1) is 5.82 Å². The number of allylic oxidation sites excluding steroid dienone is 1. The number of nitrogens with zero attached hydrogens (tertiary/aromatic N) is 4. The van der Waals surface area contributed by atoms with Crippen LogP contribution in [0.4, 0.5) is 4.39 Å². The minimum absolute atomic E-state index is 0.0719. The van der Waals surface area contributed by atoms with E-state index < -0.39 is 5.82 Å². The van der Waals surface area contributed by atoms with Crippen molar-refractivity contribution >= 4 is 11.7 Å². The first-order valence-electron chi connectivity index (χ1n) is 8.92. The number of hydrogen-bond acceptors (Lipinski definition) is 6. The third-order valence-electron chi connectivity index (χ3n) is 4.78. The maximum atomic E-state index is 15.0. The summed E-state index contributed by atoms with van der Waals surface area (Å²) in [6.45, 7) is 4.02. The molecule has 1 aromatic heterocycles. The van der Waals surface area contributed by atoms with Crippen molar-refractivity contribution in [2.45, 2.75) is 13.2 Å². The Morgan fingerprint density at radius 3 is 2.76 bits per heavy atom. The lowest BCUT2D eigenvalue weighted by molar-refractivity contribution is 0.0864. The van der Waals surface area contributed by atoms with E-state index in [9.17, 15) is 4.79 Å². The number of hydrazone groups is 1. The number of likely N-dealkylation sites (N-methyl/N-ethyl adjacent to an activating group) is 1. The highest BCUT2D eigenvalue weighted by molar-refractivity contribution is 6.13. The van der Waals surface area contributed by atoms with E-state index in [1.54, 1.807) is 55.7 Å². The molecule has 4 rings (SSSR count). The zero-order valence-electron chi connectivity index (χ0n) is 16.1. The molecule has 0 radical (unpaired) electrons. The van der Waals surface area contributed by atoms with Gasteiger partial charge in [-0.05, 0) is 36.4 Å². The van der Waals surface area contributed by atoms with Gasteiger partial charge in [0.2, 0.25) is 0 Å². The number of ether oxygens (including phenoxy) is 2. The van der Waals surface area contributed by atoms with Gasteiger partial charge in [-0.3, -0.25) is 19.7 Å². The van der Waals surface area contributed by atoms with Crippen LogP contribution in [0.2, 0.25) is 0 Å². The van der Waals surface area contributed by atoms with Gasteiger partial charge in [0.15, 0.2) is 17.4 Å². The highest BCUT2D eigenvalue weighted by Gasteiger charge is 2.34. The van der Waals surface area contributed by atoms with Crippen molar-refractivity contribution in [2.75, 3.05) is 14.2 Å². The molecule has 1 amide bonds. The molecule has 0 atom stereocenters. The van der Waals surface area contributed by atoms with Crippen molar-refractivity contribution in [1.82, 2.24) is 14.9 Å².